The molecule has 0 aliphatic heterocycles. The van der Waals surface area contributed by atoms with Gasteiger partial charge in [-0.05, 0) is 18.6 Å². The maximum atomic E-state index is 5.47. The minimum atomic E-state index is 0.438. The molecule has 0 aliphatic rings. The van der Waals surface area contributed by atoms with Crippen molar-refractivity contribution in [1.29, 1.82) is 0 Å². The molecule has 78 valence electrons. The van der Waals surface area contributed by atoms with Crippen molar-refractivity contribution in [3.63, 3.8) is 0 Å². The lowest BCUT2D eigenvalue weighted by atomic mass is 10.2. The van der Waals surface area contributed by atoms with Gasteiger partial charge in [-0.2, -0.15) is 0 Å². The van der Waals surface area contributed by atoms with E-state index in [2.05, 4.69) is 15.5 Å². The van der Waals surface area contributed by atoms with Crippen LogP contribution < -0.4 is 11.1 Å². The Morgan fingerprint density at radius 1 is 1.33 bits per heavy atom. The minimum absolute atomic E-state index is 0.438. The summed E-state index contributed by atoms with van der Waals surface area (Å²) in [5.74, 6) is 0. The highest BCUT2D eigenvalue weighted by molar-refractivity contribution is 7.15. The van der Waals surface area contributed by atoms with Crippen LogP contribution in [0.2, 0.25) is 0 Å². The van der Waals surface area contributed by atoms with Gasteiger partial charge in [-0.1, -0.05) is 29.5 Å². The maximum absolute atomic E-state index is 5.47. The van der Waals surface area contributed by atoms with Crippen molar-refractivity contribution < 1.29 is 0 Å². The number of para-hydroxylation sites is 1. The molecule has 15 heavy (non-hydrogen) atoms. The molecule has 1 heterocycles. The quantitative estimate of drug-likeness (QED) is 0.831. The molecule has 0 atom stereocenters. The van der Waals surface area contributed by atoms with E-state index in [0.717, 1.165) is 15.8 Å². The number of nitrogens with zero attached hydrogens (tertiary/aromatic N) is 2. The van der Waals surface area contributed by atoms with Gasteiger partial charge in [0.05, 0.1) is 0 Å². The second kappa shape index (κ2) is 4.37. The molecule has 4 nitrogen and oxygen atoms in total. The van der Waals surface area contributed by atoms with E-state index in [4.69, 9.17) is 5.73 Å². The molecule has 0 unspecified atom stereocenters. The number of nitrogens with one attached hydrogen (secondary N) is 1. The molecule has 2 rings (SSSR count). The van der Waals surface area contributed by atoms with Crippen molar-refractivity contribution in [2.24, 2.45) is 5.73 Å². The van der Waals surface area contributed by atoms with Gasteiger partial charge < -0.3 is 11.1 Å². The number of hydrogen-bond donors (Lipinski definition) is 2. The minimum Gasteiger partial charge on any atom is -0.330 e. The summed E-state index contributed by atoms with van der Waals surface area (Å²) in [6.07, 6.45) is 0. The van der Waals surface area contributed by atoms with Crippen LogP contribution in [0.4, 0.5) is 10.8 Å². The van der Waals surface area contributed by atoms with E-state index in [1.807, 2.05) is 31.2 Å². The second-order valence-corrected chi connectivity index (χ2v) is 4.21. The van der Waals surface area contributed by atoms with E-state index in [-0.39, 0.29) is 0 Å². The molecule has 1 aromatic heterocycles. The smallest absolute Gasteiger partial charge is 0.210 e. The fourth-order valence-corrected chi connectivity index (χ4v) is 1.85. The third-order valence-electron chi connectivity index (χ3n) is 2.03. The van der Waals surface area contributed by atoms with Crippen LogP contribution in [0.1, 0.15) is 10.6 Å². The summed E-state index contributed by atoms with van der Waals surface area (Å²) in [5, 5.41) is 12.8. The topological polar surface area (TPSA) is 63.8 Å². The Morgan fingerprint density at radius 2 is 2.13 bits per heavy atom. The van der Waals surface area contributed by atoms with Crippen molar-refractivity contribution in [3.8, 4) is 0 Å². The second-order valence-electron chi connectivity index (χ2n) is 3.14. The zero-order valence-electron chi connectivity index (χ0n) is 8.40. The van der Waals surface area contributed by atoms with Gasteiger partial charge in [0.25, 0.3) is 0 Å². The van der Waals surface area contributed by atoms with E-state index in [1.165, 1.54) is 16.9 Å². The highest BCUT2D eigenvalue weighted by Crippen LogP contribution is 2.22. The van der Waals surface area contributed by atoms with Crippen molar-refractivity contribution in [2.75, 3.05) is 5.32 Å². The van der Waals surface area contributed by atoms with Crippen LogP contribution in [0.15, 0.2) is 24.3 Å². The van der Waals surface area contributed by atoms with Crippen LogP contribution in [0.3, 0.4) is 0 Å². The molecular weight excluding hydrogens is 208 g/mol. The molecular formula is C10H12N4S. The Morgan fingerprint density at radius 3 is 2.80 bits per heavy atom. The van der Waals surface area contributed by atoms with Crippen molar-refractivity contribution in [2.45, 2.75) is 13.5 Å². The summed E-state index contributed by atoms with van der Waals surface area (Å²) in [6.45, 7) is 2.49. The van der Waals surface area contributed by atoms with E-state index in [1.54, 1.807) is 0 Å². The van der Waals surface area contributed by atoms with E-state index in [9.17, 15) is 0 Å². The van der Waals surface area contributed by atoms with Crippen LogP contribution >= 0.6 is 11.3 Å². The van der Waals surface area contributed by atoms with Crippen molar-refractivity contribution in [3.05, 3.63) is 34.8 Å². The Balaban J connectivity index is 2.18. The van der Waals surface area contributed by atoms with Gasteiger partial charge in [0.15, 0.2) is 0 Å². The first-order valence-corrected chi connectivity index (χ1v) is 5.46. The van der Waals surface area contributed by atoms with Crippen LogP contribution in [-0.4, -0.2) is 10.2 Å². The van der Waals surface area contributed by atoms with Crippen molar-refractivity contribution in [1.82, 2.24) is 10.2 Å². The highest BCUT2D eigenvalue weighted by atomic mass is 32.1. The zero-order chi connectivity index (χ0) is 10.7. The number of nitrogens with two attached hydrogens (primary N) is 1. The van der Waals surface area contributed by atoms with Gasteiger partial charge in [-0.3, -0.25) is 0 Å². The predicted octanol–water partition coefficient (Wildman–Crippen LogP) is 2.05. The molecule has 2 aromatic rings. The molecule has 1 aromatic carbocycles. The molecule has 5 heteroatoms. The third-order valence-corrected chi connectivity index (χ3v) is 2.89. The van der Waals surface area contributed by atoms with Crippen LogP contribution in [0.5, 0.6) is 0 Å². The molecule has 0 fully saturated rings. The molecule has 0 saturated heterocycles. The first-order valence-electron chi connectivity index (χ1n) is 4.64. The van der Waals surface area contributed by atoms with Crippen LogP contribution in [-0.2, 0) is 6.54 Å². The molecule has 0 amide bonds. The van der Waals surface area contributed by atoms with Crippen molar-refractivity contribution >= 4 is 22.2 Å². The number of anilines is 2. The van der Waals surface area contributed by atoms with Gasteiger partial charge in [-0.25, -0.2) is 0 Å². The monoisotopic (exact) mass is 220 g/mol. The lowest BCUT2D eigenvalue weighted by Gasteiger charge is -2.04. The maximum Gasteiger partial charge on any atom is 0.210 e. The summed E-state index contributed by atoms with van der Waals surface area (Å²) in [5.41, 5.74) is 7.70. The van der Waals surface area contributed by atoms with Gasteiger partial charge in [0.2, 0.25) is 5.13 Å². The lowest BCUT2D eigenvalue weighted by molar-refractivity contribution is 0.960. The van der Waals surface area contributed by atoms with Gasteiger partial charge in [0.1, 0.15) is 5.01 Å². The molecule has 3 N–H and O–H groups in total. The number of hydrogen-bond acceptors (Lipinski definition) is 5. The fourth-order valence-electron chi connectivity index (χ4n) is 1.21. The standard InChI is InChI=1S/C10H12N4S/c1-7-4-2-3-5-8(7)12-10-14-13-9(6-11)15-10/h2-5H,6,11H2,1H3,(H,12,14). The summed E-state index contributed by atoms with van der Waals surface area (Å²) in [6, 6.07) is 8.05. The Hall–Kier alpha value is -1.46. The summed E-state index contributed by atoms with van der Waals surface area (Å²) in [7, 11) is 0. The first kappa shape index (κ1) is 10.1. The average molecular weight is 220 g/mol. The Bertz CT molecular complexity index is 452. The number of benzene rings is 1. The predicted molar refractivity (Wildman–Crippen MR) is 62.3 cm³/mol. The number of aromatic nitrogens is 2. The largest absolute Gasteiger partial charge is 0.330 e. The van der Waals surface area contributed by atoms with E-state index in [0.29, 0.717) is 6.54 Å². The molecule has 0 saturated carbocycles. The van der Waals surface area contributed by atoms with Gasteiger partial charge in [-0.15, -0.1) is 10.2 Å². The normalized spacial score (nSPS) is 10.3. The molecule has 0 bridgehead atoms. The SMILES string of the molecule is Cc1ccccc1Nc1nnc(CN)s1. The Kier molecular flexibility index (Phi) is 2.94. The zero-order valence-corrected chi connectivity index (χ0v) is 9.21. The van der Waals surface area contributed by atoms with Gasteiger partial charge in [0, 0.05) is 12.2 Å². The number of aryl methyl sites for hydroxylation is 1. The number of rotatable bonds is 3. The summed E-state index contributed by atoms with van der Waals surface area (Å²) < 4.78 is 0. The van der Waals surface area contributed by atoms with Crippen LogP contribution in [0, 0.1) is 6.92 Å². The lowest BCUT2D eigenvalue weighted by Crippen LogP contribution is -1.94. The molecule has 0 aliphatic carbocycles. The summed E-state index contributed by atoms with van der Waals surface area (Å²) >= 11 is 1.48. The van der Waals surface area contributed by atoms with Crippen LogP contribution in [0.25, 0.3) is 0 Å². The highest BCUT2D eigenvalue weighted by Gasteiger charge is 2.03. The van der Waals surface area contributed by atoms with Gasteiger partial charge >= 0.3 is 0 Å². The average Bonchev–Trinajstić information content (AvgIpc) is 2.69. The molecule has 0 spiro atoms. The third kappa shape index (κ3) is 2.31. The van der Waals surface area contributed by atoms with E-state index >= 15 is 0 Å². The fraction of sp³-hybridized carbons (Fsp3) is 0.200. The summed E-state index contributed by atoms with van der Waals surface area (Å²) in [4.78, 5) is 0. The molecule has 0 radical (unpaired) electrons. The first-order chi connectivity index (χ1) is 7.29. The Labute approximate surface area is 92.2 Å². The van der Waals surface area contributed by atoms with E-state index < -0.39 is 0 Å².